The van der Waals surface area contributed by atoms with Gasteiger partial charge in [0.15, 0.2) is 6.19 Å². The molecule has 0 saturated heterocycles. The number of nitriles is 1. The molecule has 0 aliphatic carbocycles. The molecule has 52 valence electrons. The molecule has 2 amide bonds. The van der Waals surface area contributed by atoms with Crippen molar-refractivity contribution < 1.29 is 4.79 Å². The first-order valence-corrected chi connectivity index (χ1v) is 2.98. The summed E-state index contributed by atoms with van der Waals surface area (Å²) >= 11 is 3.84. The van der Waals surface area contributed by atoms with E-state index < -0.39 is 6.03 Å². The summed E-state index contributed by atoms with van der Waals surface area (Å²) in [5, 5.41) is 12.2. The molecule has 0 aromatic rings. The van der Waals surface area contributed by atoms with Gasteiger partial charge in [0.25, 0.3) is 0 Å². The second-order valence-corrected chi connectivity index (χ2v) is 1.66. The number of thiol groups is 1. The second kappa shape index (κ2) is 9.11. The Morgan fingerprint density at radius 2 is 2.30 bits per heavy atom. The molecule has 0 aliphatic rings. The summed E-state index contributed by atoms with van der Waals surface area (Å²) in [5.41, 5.74) is 0. The average Bonchev–Trinajstić information content (AvgIpc) is 1.85. The van der Waals surface area contributed by atoms with Gasteiger partial charge < -0.3 is 5.32 Å². The van der Waals surface area contributed by atoms with Crippen LogP contribution in [0.5, 0.6) is 0 Å². The monoisotopic (exact) mass is 169 g/mol. The van der Waals surface area contributed by atoms with E-state index in [1.807, 2.05) is 5.32 Å². The van der Waals surface area contributed by atoms with Gasteiger partial charge in [-0.2, -0.15) is 17.9 Å². The van der Waals surface area contributed by atoms with E-state index in [4.69, 9.17) is 5.26 Å². The van der Waals surface area contributed by atoms with Crippen LogP contribution in [0, 0.1) is 11.5 Å². The van der Waals surface area contributed by atoms with Crippen LogP contribution in [-0.2, 0) is 0 Å². The van der Waals surface area contributed by atoms with Crippen LogP contribution in [-0.4, -0.2) is 47.9 Å². The molecule has 0 spiro atoms. The van der Waals surface area contributed by atoms with E-state index in [1.54, 1.807) is 0 Å². The van der Waals surface area contributed by atoms with Crippen LogP contribution in [0.3, 0.4) is 0 Å². The van der Waals surface area contributed by atoms with Gasteiger partial charge in [0, 0.05) is 12.3 Å². The molecular weight excluding hydrogens is 161 g/mol. The van der Waals surface area contributed by atoms with Gasteiger partial charge in [-0.1, -0.05) is 0 Å². The molecule has 10 heavy (non-hydrogen) atoms. The maximum absolute atomic E-state index is 10.3. The van der Waals surface area contributed by atoms with Crippen LogP contribution in [0.1, 0.15) is 0 Å². The summed E-state index contributed by atoms with van der Waals surface area (Å²) in [6, 6.07) is -0.480. The van der Waals surface area contributed by atoms with Gasteiger partial charge in [-0.15, -0.1) is 0 Å². The van der Waals surface area contributed by atoms with E-state index in [2.05, 4.69) is 17.9 Å². The minimum absolute atomic E-state index is 0. The second-order valence-electron chi connectivity index (χ2n) is 1.22. The topological polar surface area (TPSA) is 64.9 Å². The van der Waals surface area contributed by atoms with Crippen molar-refractivity contribution in [2.75, 3.05) is 12.3 Å². The first kappa shape index (κ1) is 12.8. The Morgan fingerprint density at radius 1 is 1.70 bits per heavy atom. The Labute approximate surface area is 87.1 Å². The van der Waals surface area contributed by atoms with Gasteiger partial charge in [0.2, 0.25) is 0 Å². The first-order chi connectivity index (χ1) is 4.31. The molecule has 0 bridgehead atoms. The molecular formula is C4H8N3NaOS. The van der Waals surface area contributed by atoms with E-state index >= 15 is 0 Å². The Bertz CT molecular complexity index is 135. The number of rotatable bonds is 2. The van der Waals surface area contributed by atoms with Gasteiger partial charge in [-0.05, 0) is 0 Å². The third-order valence-corrected chi connectivity index (χ3v) is 0.790. The summed E-state index contributed by atoms with van der Waals surface area (Å²) < 4.78 is 0. The number of carbonyl (C=O) groups excluding carboxylic acids is 1. The van der Waals surface area contributed by atoms with Gasteiger partial charge in [0.1, 0.15) is 0 Å². The normalized spacial score (nSPS) is 6.80. The Hall–Kier alpha value is 0.110. The zero-order chi connectivity index (χ0) is 7.11. The summed E-state index contributed by atoms with van der Waals surface area (Å²) in [4.78, 5) is 10.3. The number of nitrogens with one attached hydrogen (secondary N) is 2. The van der Waals surface area contributed by atoms with Crippen LogP contribution < -0.4 is 10.6 Å². The fourth-order valence-electron chi connectivity index (χ4n) is 0.264. The third kappa shape index (κ3) is 8.11. The molecule has 0 aromatic heterocycles. The number of carbonyl (C=O) groups is 1. The zero-order valence-electron chi connectivity index (χ0n) is 4.72. The Balaban J connectivity index is 0. The summed E-state index contributed by atoms with van der Waals surface area (Å²) in [5.74, 6) is 0.568. The molecule has 0 radical (unpaired) electrons. The number of hydrogen-bond donors (Lipinski definition) is 3. The standard InChI is InChI=1S/C4H7N3OS.Na.H/c5-3-7-4(8)6-1-2-9;;/h9H,1-2H2,(H2,6,7,8);;. The molecule has 0 rings (SSSR count). The molecule has 4 nitrogen and oxygen atoms in total. The van der Waals surface area contributed by atoms with Crippen LogP contribution in [0.15, 0.2) is 0 Å². The summed E-state index contributed by atoms with van der Waals surface area (Å²) in [7, 11) is 0. The van der Waals surface area contributed by atoms with Gasteiger partial charge in [-0.3, -0.25) is 0 Å². The van der Waals surface area contributed by atoms with Crippen molar-refractivity contribution in [2.45, 2.75) is 0 Å². The quantitative estimate of drug-likeness (QED) is 0.216. The Morgan fingerprint density at radius 3 is 2.70 bits per heavy atom. The zero-order valence-corrected chi connectivity index (χ0v) is 5.61. The maximum atomic E-state index is 10.3. The van der Waals surface area contributed by atoms with E-state index in [0.29, 0.717) is 12.3 Å². The van der Waals surface area contributed by atoms with Crippen molar-refractivity contribution in [3.05, 3.63) is 0 Å². The molecule has 0 atom stereocenters. The molecule has 0 saturated carbocycles. The van der Waals surface area contributed by atoms with Crippen molar-refractivity contribution in [3.8, 4) is 6.19 Å². The van der Waals surface area contributed by atoms with E-state index in [0.717, 1.165) is 0 Å². The van der Waals surface area contributed by atoms with E-state index in [9.17, 15) is 4.79 Å². The average molecular weight is 169 g/mol. The number of urea groups is 1. The van der Waals surface area contributed by atoms with Gasteiger partial charge >= 0.3 is 35.6 Å². The molecule has 0 unspecified atom stereocenters. The minimum atomic E-state index is -0.480. The van der Waals surface area contributed by atoms with Crippen molar-refractivity contribution in [1.82, 2.24) is 10.6 Å². The van der Waals surface area contributed by atoms with Gasteiger partial charge in [-0.25, -0.2) is 10.1 Å². The molecule has 0 aliphatic heterocycles. The van der Waals surface area contributed by atoms with Crippen molar-refractivity contribution in [3.63, 3.8) is 0 Å². The van der Waals surface area contributed by atoms with Gasteiger partial charge in [0.05, 0.1) is 0 Å². The SMILES string of the molecule is N#CNC(=O)NCCS.[NaH]. The van der Waals surface area contributed by atoms with Crippen molar-refractivity contribution >= 4 is 48.2 Å². The number of nitrogens with zero attached hydrogens (tertiary/aromatic N) is 1. The predicted molar refractivity (Wildman–Crippen MR) is 43.1 cm³/mol. The fraction of sp³-hybridized carbons (Fsp3) is 0.500. The van der Waals surface area contributed by atoms with Crippen LogP contribution in [0.25, 0.3) is 0 Å². The van der Waals surface area contributed by atoms with E-state index in [1.165, 1.54) is 6.19 Å². The van der Waals surface area contributed by atoms with Crippen LogP contribution in [0.4, 0.5) is 4.79 Å². The molecule has 0 aromatic carbocycles. The molecule has 2 N–H and O–H groups in total. The van der Waals surface area contributed by atoms with Crippen LogP contribution >= 0.6 is 12.6 Å². The van der Waals surface area contributed by atoms with Crippen molar-refractivity contribution in [1.29, 1.82) is 5.26 Å². The fourth-order valence-corrected chi connectivity index (χ4v) is 0.376. The Kier molecular flexibility index (Phi) is 11.6. The van der Waals surface area contributed by atoms with E-state index in [-0.39, 0.29) is 29.6 Å². The van der Waals surface area contributed by atoms with Crippen LogP contribution in [0.2, 0.25) is 0 Å². The molecule has 6 heteroatoms. The third-order valence-electron chi connectivity index (χ3n) is 0.567. The predicted octanol–water partition coefficient (Wildman–Crippen LogP) is -0.952. The first-order valence-electron chi connectivity index (χ1n) is 2.35. The summed E-state index contributed by atoms with van der Waals surface area (Å²) in [6.07, 6.45) is 1.49. The summed E-state index contributed by atoms with van der Waals surface area (Å²) in [6.45, 7) is 0.469. The number of hydrogen-bond acceptors (Lipinski definition) is 3. The number of amides is 2. The molecule has 0 heterocycles. The molecule has 0 fully saturated rings. The van der Waals surface area contributed by atoms with Crippen molar-refractivity contribution in [2.24, 2.45) is 0 Å².